The van der Waals surface area contributed by atoms with Gasteiger partial charge in [0.25, 0.3) is 0 Å². The summed E-state index contributed by atoms with van der Waals surface area (Å²) < 4.78 is 4.69. The van der Waals surface area contributed by atoms with Crippen molar-refractivity contribution in [3.8, 4) is 0 Å². The molecule has 0 aliphatic carbocycles. The van der Waals surface area contributed by atoms with E-state index < -0.39 is 0 Å². The predicted molar refractivity (Wildman–Crippen MR) is 95.8 cm³/mol. The molecule has 0 amide bonds. The van der Waals surface area contributed by atoms with Gasteiger partial charge < -0.3 is 10.1 Å². The number of methoxy groups -OCH3 is 1. The molecule has 0 spiro atoms. The van der Waals surface area contributed by atoms with Crippen LogP contribution in [0.1, 0.15) is 49.9 Å². The maximum atomic E-state index is 11.9. The lowest BCUT2D eigenvalue weighted by Crippen LogP contribution is -2.09. The number of aryl methyl sites for hydroxylation is 2. The molecule has 1 N–H and O–H groups in total. The first-order chi connectivity index (χ1) is 11.3. The average Bonchev–Trinajstić information content (AvgIpc) is 2.53. The molecule has 2 aromatic carbocycles. The maximum absolute atomic E-state index is 11.9. The highest BCUT2D eigenvalue weighted by molar-refractivity contribution is 5.97. The molecule has 0 aromatic heterocycles. The molecule has 0 bridgehead atoms. The Hall–Kier alpha value is -2.62. The lowest BCUT2D eigenvalue weighted by molar-refractivity contribution is 0.0600. The summed E-state index contributed by atoms with van der Waals surface area (Å²) in [4.78, 5) is 23.3. The Morgan fingerprint density at radius 1 is 1.04 bits per heavy atom. The highest BCUT2D eigenvalue weighted by atomic mass is 16.5. The third-order valence-electron chi connectivity index (χ3n) is 4.26. The molecule has 4 nitrogen and oxygen atoms in total. The molecule has 0 atom stereocenters. The predicted octanol–water partition coefficient (Wildman–Crippen LogP) is 4.21. The summed E-state index contributed by atoms with van der Waals surface area (Å²) >= 11 is 0. The molecule has 0 aliphatic heterocycles. The van der Waals surface area contributed by atoms with Gasteiger partial charge in [0.05, 0.1) is 12.7 Å². The first-order valence-corrected chi connectivity index (χ1v) is 7.88. The summed E-state index contributed by atoms with van der Waals surface area (Å²) in [5.74, 6) is -0.258. The van der Waals surface area contributed by atoms with E-state index in [1.54, 1.807) is 19.1 Å². The first-order valence-electron chi connectivity index (χ1n) is 7.88. The SMILES string of the molecule is COC(=O)c1ccc(NCc2c(C)cc(C)c(C(C)=O)c2C)cc1. The van der Waals surface area contributed by atoms with E-state index in [1.165, 1.54) is 7.11 Å². The van der Waals surface area contributed by atoms with Crippen LogP contribution in [-0.2, 0) is 11.3 Å². The summed E-state index contributed by atoms with van der Waals surface area (Å²) in [6.45, 7) is 8.25. The Morgan fingerprint density at radius 2 is 1.67 bits per heavy atom. The van der Waals surface area contributed by atoms with Crippen molar-refractivity contribution in [3.63, 3.8) is 0 Å². The van der Waals surface area contributed by atoms with Gasteiger partial charge in [-0.3, -0.25) is 4.79 Å². The summed E-state index contributed by atoms with van der Waals surface area (Å²) in [7, 11) is 1.37. The number of hydrogen-bond donors (Lipinski definition) is 1. The largest absolute Gasteiger partial charge is 0.465 e. The molecule has 0 unspecified atom stereocenters. The Morgan fingerprint density at radius 3 is 2.21 bits per heavy atom. The Labute approximate surface area is 142 Å². The van der Waals surface area contributed by atoms with Crippen LogP contribution in [0.4, 0.5) is 5.69 Å². The van der Waals surface area contributed by atoms with Crippen LogP contribution in [0.3, 0.4) is 0 Å². The number of esters is 1. The minimum Gasteiger partial charge on any atom is -0.465 e. The van der Waals surface area contributed by atoms with Crippen molar-refractivity contribution in [2.75, 3.05) is 12.4 Å². The number of rotatable bonds is 5. The zero-order valence-electron chi connectivity index (χ0n) is 14.8. The molecule has 4 heteroatoms. The molecular formula is C20H23NO3. The quantitative estimate of drug-likeness (QED) is 0.661. The number of hydrogen-bond acceptors (Lipinski definition) is 4. The van der Waals surface area contributed by atoms with Gasteiger partial charge in [0.2, 0.25) is 0 Å². The molecule has 0 saturated heterocycles. The number of carbonyl (C=O) groups excluding carboxylic acids is 2. The van der Waals surface area contributed by atoms with E-state index in [2.05, 4.69) is 18.3 Å². The molecule has 126 valence electrons. The van der Waals surface area contributed by atoms with E-state index in [0.29, 0.717) is 12.1 Å². The molecule has 2 aromatic rings. The first kappa shape index (κ1) is 17.7. The monoisotopic (exact) mass is 325 g/mol. The number of nitrogens with one attached hydrogen (secondary N) is 1. The zero-order chi connectivity index (χ0) is 17.9. The summed E-state index contributed by atoms with van der Waals surface area (Å²) in [6, 6.07) is 9.20. The van der Waals surface area contributed by atoms with Gasteiger partial charge in [-0.25, -0.2) is 4.79 Å². The molecule has 0 aliphatic rings. The second kappa shape index (κ2) is 7.30. The third kappa shape index (κ3) is 3.65. The smallest absolute Gasteiger partial charge is 0.337 e. The van der Waals surface area contributed by atoms with Crippen molar-refractivity contribution in [2.24, 2.45) is 0 Å². The third-order valence-corrected chi connectivity index (χ3v) is 4.26. The Bertz CT molecular complexity index is 776. The number of ether oxygens (including phenoxy) is 1. The van der Waals surface area contributed by atoms with E-state index >= 15 is 0 Å². The topological polar surface area (TPSA) is 55.4 Å². The van der Waals surface area contributed by atoms with Crippen LogP contribution in [0.5, 0.6) is 0 Å². The molecule has 0 fully saturated rings. The Balaban J connectivity index is 2.22. The van der Waals surface area contributed by atoms with Gasteiger partial charge in [-0.15, -0.1) is 0 Å². The van der Waals surface area contributed by atoms with Gasteiger partial charge in [0, 0.05) is 17.8 Å². The van der Waals surface area contributed by atoms with Gasteiger partial charge in [0.15, 0.2) is 5.78 Å². The Kier molecular flexibility index (Phi) is 5.39. The van der Waals surface area contributed by atoms with Crippen molar-refractivity contribution in [3.05, 3.63) is 63.7 Å². The van der Waals surface area contributed by atoms with Crippen molar-refractivity contribution in [2.45, 2.75) is 34.2 Å². The van der Waals surface area contributed by atoms with E-state index in [9.17, 15) is 9.59 Å². The van der Waals surface area contributed by atoms with Crippen molar-refractivity contribution in [1.82, 2.24) is 0 Å². The summed E-state index contributed by atoms with van der Waals surface area (Å²) in [5, 5.41) is 3.35. The van der Waals surface area contributed by atoms with Gasteiger partial charge in [0.1, 0.15) is 0 Å². The van der Waals surface area contributed by atoms with Crippen molar-refractivity contribution >= 4 is 17.4 Å². The molecule has 0 radical (unpaired) electrons. The zero-order valence-corrected chi connectivity index (χ0v) is 14.8. The minimum absolute atomic E-state index is 0.0914. The van der Waals surface area contributed by atoms with E-state index in [-0.39, 0.29) is 11.8 Å². The summed E-state index contributed by atoms with van der Waals surface area (Å²) in [6.07, 6.45) is 0. The normalized spacial score (nSPS) is 10.4. The standard InChI is InChI=1S/C20H23NO3/c1-12-10-13(2)19(15(4)22)14(3)18(12)11-21-17-8-6-16(7-9-17)20(23)24-5/h6-10,21H,11H2,1-5H3. The number of benzene rings is 2. The van der Waals surface area contributed by atoms with Gasteiger partial charge >= 0.3 is 5.97 Å². The summed E-state index contributed by atoms with van der Waals surface area (Å²) in [5.41, 5.74) is 6.56. The number of ketones is 1. The van der Waals surface area contributed by atoms with Crippen LogP contribution < -0.4 is 5.32 Å². The average molecular weight is 325 g/mol. The van der Waals surface area contributed by atoms with E-state index in [1.807, 2.05) is 26.0 Å². The van der Waals surface area contributed by atoms with Crippen LogP contribution in [0.2, 0.25) is 0 Å². The number of anilines is 1. The van der Waals surface area contributed by atoms with Gasteiger partial charge in [-0.2, -0.15) is 0 Å². The number of Topliss-reactive ketones (excluding diaryl/α,β-unsaturated/α-hetero) is 1. The van der Waals surface area contributed by atoms with Crippen LogP contribution >= 0.6 is 0 Å². The van der Waals surface area contributed by atoms with E-state index in [4.69, 9.17) is 4.74 Å². The second-order valence-electron chi connectivity index (χ2n) is 5.97. The molecular weight excluding hydrogens is 302 g/mol. The fraction of sp³-hybridized carbons (Fsp3) is 0.300. The van der Waals surface area contributed by atoms with Crippen LogP contribution in [0, 0.1) is 20.8 Å². The van der Waals surface area contributed by atoms with E-state index in [0.717, 1.165) is 33.5 Å². The van der Waals surface area contributed by atoms with Crippen LogP contribution in [0.25, 0.3) is 0 Å². The second-order valence-corrected chi connectivity index (χ2v) is 5.97. The maximum Gasteiger partial charge on any atom is 0.337 e. The lowest BCUT2D eigenvalue weighted by atomic mass is 9.91. The highest BCUT2D eigenvalue weighted by Gasteiger charge is 2.14. The van der Waals surface area contributed by atoms with Gasteiger partial charge in [-0.1, -0.05) is 6.07 Å². The van der Waals surface area contributed by atoms with Crippen LogP contribution in [0.15, 0.2) is 30.3 Å². The minimum atomic E-state index is -0.349. The fourth-order valence-electron chi connectivity index (χ4n) is 3.07. The fourth-order valence-corrected chi connectivity index (χ4v) is 3.07. The van der Waals surface area contributed by atoms with Gasteiger partial charge in [-0.05, 0) is 74.2 Å². The molecule has 0 saturated carbocycles. The van der Waals surface area contributed by atoms with Crippen LogP contribution in [-0.4, -0.2) is 18.9 Å². The molecule has 2 rings (SSSR count). The highest BCUT2D eigenvalue weighted by Crippen LogP contribution is 2.24. The molecule has 24 heavy (non-hydrogen) atoms. The lowest BCUT2D eigenvalue weighted by Gasteiger charge is -2.17. The van der Waals surface area contributed by atoms with Crippen molar-refractivity contribution < 1.29 is 14.3 Å². The molecule has 0 heterocycles. The van der Waals surface area contributed by atoms with Crippen molar-refractivity contribution in [1.29, 1.82) is 0 Å². The number of carbonyl (C=O) groups is 2.